The lowest BCUT2D eigenvalue weighted by Gasteiger charge is -2.18. The number of rotatable bonds is 4. The summed E-state index contributed by atoms with van der Waals surface area (Å²) in [6.07, 6.45) is 1.10. The highest BCUT2D eigenvalue weighted by Gasteiger charge is 2.35. The van der Waals surface area contributed by atoms with Gasteiger partial charge < -0.3 is 10.2 Å². The van der Waals surface area contributed by atoms with Gasteiger partial charge in [0.15, 0.2) is 0 Å². The number of carbonyl (C=O) groups excluding carboxylic acids is 2. The van der Waals surface area contributed by atoms with Crippen molar-refractivity contribution in [3.63, 3.8) is 0 Å². The van der Waals surface area contributed by atoms with Crippen molar-refractivity contribution in [2.75, 3.05) is 16.8 Å². The Bertz CT molecular complexity index is 802. The van der Waals surface area contributed by atoms with Crippen LogP contribution in [0.5, 0.6) is 0 Å². The minimum absolute atomic E-state index is 0.0111. The summed E-state index contributed by atoms with van der Waals surface area (Å²) >= 11 is 3.39. The van der Waals surface area contributed by atoms with Crippen molar-refractivity contribution in [1.82, 2.24) is 0 Å². The summed E-state index contributed by atoms with van der Waals surface area (Å²) in [6, 6.07) is 13.6. The van der Waals surface area contributed by atoms with Gasteiger partial charge in [0.2, 0.25) is 11.8 Å². The third kappa shape index (κ3) is 3.76. The summed E-state index contributed by atoms with van der Waals surface area (Å²) in [5.41, 5.74) is 3.86. The lowest BCUT2D eigenvalue weighted by molar-refractivity contribution is -0.122. The molecule has 0 aromatic heterocycles. The second-order valence-corrected chi connectivity index (χ2v) is 7.25. The van der Waals surface area contributed by atoms with Crippen LogP contribution in [-0.4, -0.2) is 18.4 Å². The van der Waals surface area contributed by atoms with Gasteiger partial charge in [0, 0.05) is 28.8 Å². The molecule has 5 heteroatoms. The Morgan fingerprint density at radius 2 is 1.96 bits per heavy atom. The molecule has 1 aliphatic rings. The fourth-order valence-electron chi connectivity index (χ4n) is 3.18. The number of benzene rings is 2. The Balaban J connectivity index is 1.74. The van der Waals surface area contributed by atoms with E-state index in [0.29, 0.717) is 6.54 Å². The first-order valence-corrected chi connectivity index (χ1v) is 9.24. The highest BCUT2D eigenvalue weighted by molar-refractivity contribution is 9.10. The van der Waals surface area contributed by atoms with Crippen LogP contribution in [0.4, 0.5) is 11.4 Å². The number of anilines is 2. The van der Waals surface area contributed by atoms with E-state index in [9.17, 15) is 9.59 Å². The molecule has 1 aliphatic heterocycles. The van der Waals surface area contributed by atoms with Gasteiger partial charge in [-0.1, -0.05) is 41.1 Å². The average Bonchev–Trinajstić information content (AvgIpc) is 2.99. The molecule has 1 fully saturated rings. The van der Waals surface area contributed by atoms with Gasteiger partial charge >= 0.3 is 0 Å². The fourth-order valence-corrected chi connectivity index (χ4v) is 3.45. The minimum Gasteiger partial charge on any atom is -0.325 e. The van der Waals surface area contributed by atoms with Gasteiger partial charge in [0.1, 0.15) is 0 Å². The number of amides is 2. The van der Waals surface area contributed by atoms with E-state index in [1.54, 1.807) is 4.90 Å². The van der Waals surface area contributed by atoms with E-state index < -0.39 is 0 Å². The summed E-state index contributed by atoms with van der Waals surface area (Å²) in [4.78, 5) is 26.8. The molecule has 0 spiro atoms. The van der Waals surface area contributed by atoms with Gasteiger partial charge in [-0.05, 0) is 48.7 Å². The first-order chi connectivity index (χ1) is 12.0. The zero-order valence-electron chi connectivity index (χ0n) is 14.4. The zero-order valence-corrected chi connectivity index (χ0v) is 16.0. The van der Waals surface area contributed by atoms with Gasteiger partial charge in [-0.25, -0.2) is 0 Å². The van der Waals surface area contributed by atoms with Crippen molar-refractivity contribution < 1.29 is 9.59 Å². The predicted octanol–water partition coefficient (Wildman–Crippen LogP) is 4.31. The summed E-state index contributed by atoms with van der Waals surface area (Å²) in [5, 5.41) is 3.05. The van der Waals surface area contributed by atoms with Gasteiger partial charge in [0.25, 0.3) is 0 Å². The zero-order chi connectivity index (χ0) is 18.0. The second kappa shape index (κ2) is 7.40. The quantitative estimate of drug-likeness (QED) is 0.830. The molecule has 1 N–H and O–H groups in total. The Morgan fingerprint density at radius 1 is 1.24 bits per heavy atom. The van der Waals surface area contributed by atoms with Crippen LogP contribution in [0.3, 0.4) is 0 Å². The van der Waals surface area contributed by atoms with E-state index in [4.69, 9.17) is 0 Å². The second-order valence-electron chi connectivity index (χ2n) is 6.33. The van der Waals surface area contributed by atoms with Gasteiger partial charge in [-0.3, -0.25) is 9.59 Å². The normalized spacial score (nSPS) is 17.0. The molecule has 0 unspecified atom stereocenters. The highest BCUT2D eigenvalue weighted by atomic mass is 79.9. The van der Waals surface area contributed by atoms with Crippen LogP contribution in [0.2, 0.25) is 0 Å². The number of nitrogens with one attached hydrogen (secondary N) is 1. The SMILES string of the molecule is CCc1cccc(C)c1NC(=O)[C@@H]1CC(=O)N(c2ccc(Br)cc2)C1. The molecular formula is C20H21BrN2O2. The molecule has 4 nitrogen and oxygen atoms in total. The maximum Gasteiger partial charge on any atom is 0.229 e. The summed E-state index contributed by atoms with van der Waals surface area (Å²) in [7, 11) is 0. The molecule has 1 heterocycles. The lowest BCUT2D eigenvalue weighted by Crippen LogP contribution is -2.28. The smallest absolute Gasteiger partial charge is 0.229 e. The molecule has 0 saturated carbocycles. The van der Waals surface area contributed by atoms with Crippen LogP contribution in [0.15, 0.2) is 46.9 Å². The predicted molar refractivity (Wildman–Crippen MR) is 104 cm³/mol. The molecule has 2 aromatic rings. The van der Waals surface area contributed by atoms with Crippen LogP contribution in [0.25, 0.3) is 0 Å². The number of nitrogens with zero attached hydrogens (tertiary/aromatic N) is 1. The van der Waals surface area contributed by atoms with Crippen LogP contribution < -0.4 is 10.2 Å². The third-order valence-corrected chi connectivity index (χ3v) is 5.15. The summed E-state index contributed by atoms with van der Waals surface area (Å²) in [5.74, 6) is -0.430. The number of carbonyl (C=O) groups is 2. The molecule has 25 heavy (non-hydrogen) atoms. The number of hydrogen-bond acceptors (Lipinski definition) is 2. The van der Waals surface area contributed by atoms with Crippen LogP contribution >= 0.6 is 15.9 Å². The van der Waals surface area contributed by atoms with Crippen molar-refractivity contribution in [2.24, 2.45) is 5.92 Å². The van der Waals surface area contributed by atoms with Crippen molar-refractivity contribution in [2.45, 2.75) is 26.7 Å². The van der Waals surface area contributed by atoms with Crippen LogP contribution in [0.1, 0.15) is 24.5 Å². The lowest BCUT2D eigenvalue weighted by atomic mass is 10.0. The average molecular weight is 401 g/mol. The minimum atomic E-state index is -0.333. The number of hydrogen-bond donors (Lipinski definition) is 1. The molecule has 1 saturated heterocycles. The molecule has 130 valence electrons. The standard InChI is InChI=1S/C20H21BrN2O2/c1-3-14-6-4-5-13(2)19(14)22-20(25)15-11-18(24)23(12-15)17-9-7-16(21)8-10-17/h4-10,15H,3,11-12H2,1-2H3,(H,22,25)/t15-/m1/s1. The van der Waals surface area contributed by atoms with Gasteiger partial charge in [0.05, 0.1) is 5.92 Å². The topological polar surface area (TPSA) is 49.4 Å². The van der Waals surface area contributed by atoms with E-state index >= 15 is 0 Å². The van der Waals surface area contributed by atoms with E-state index in [0.717, 1.165) is 33.4 Å². The Hall–Kier alpha value is -2.14. The van der Waals surface area contributed by atoms with E-state index in [-0.39, 0.29) is 24.2 Å². The molecular weight excluding hydrogens is 380 g/mol. The Kier molecular flexibility index (Phi) is 5.23. The molecule has 0 radical (unpaired) electrons. The largest absolute Gasteiger partial charge is 0.325 e. The van der Waals surface area contributed by atoms with Gasteiger partial charge in [-0.15, -0.1) is 0 Å². The number of aryl methyl sites for hydroxylation is 2. The molecule has 2 aromatic carbocycles. The van der Waals surface area contributed by atoms with E-state index in [1.807, 2.05) is 49.4 Å². The number of halogens is 1. The Labute approximate surface area is 156 Å². The molecule has 0 bridgehead atoms. The van der Waals surface area contributed by atoms with Crippen molar-refractivity contribution in [1.29, 1.82) is 0 Å². The maximum atomic E-state index is 12.7. The Morgan fingerprint density at radius 3 is 2.64 bits per heavy atom. The summed E-state index contributed by atoms with van der Waals surface area (Å²) < 4.78 is 0.962. The molecule has 3 rings (SSSR count). The molecule has 1 atom stereocenters. The fraction of sp³-hybridized carbons (Fsp3) is 0.300. The van der Waals surface area contributed by atoms with E-state index in [2.05, 4.69) is 28.2 Å². The van der Waals surface area contributed by atoms with Gasteiger partial charge in [-0.2, -0.15) is 0 Å². The maximum absolute atomic E-state index is 12.7. The summed E-state index contributed by atoms with van der Waals surface area (Å²) in [6.45, 7) is 4.47. The monoisotopic (exact) mass is 400 g/mol. The number of para-hydroxylation sites is 1. The highest BCUT2D eigenvalue weighted by Crippen LogP contribution is 2.28. The van der Waals surface area contributed by atoms with Crippen molar-refractivity contribution in [3.05, 3.63) is 58.1 Å². The van der Waals surface area contributed by atoms with Crippen molar-refractivity contribution in [3.8, 4) is 0 Å². The van der Waals surface area contributed by atoms with Crippen LogP contribution in [-0.2, 0) is 16.0 Å². The first-order valence-electron chi connectivity index (χ1n) is 8.45. The van der Waals surface area contributed by atoms with Crippen molar-refractivity contribution >= 4 is 39.1 Å². The third-order valence-electron chi connectivity index (χ3n) is 4.62. The molecule has 0 aliphatic carbocycles. The first kappa shape index (κ1) is 17.7. The van der Waals surface area contributed by atoms with Crippen LogP contribution in [0, 0.1) is 12.8 Å². The van der Waals surface area contributed by atoms with E-state index in [1.165, 1.54) is 0 Å². The molecule has 2 amide bonds.